The molecule has 4 rings (SSSR count). The largest absolute Gasteiger partial charge is 0.439 e. The molecule has 11 heteroatoms. The number of aryl methyl sites for hydroxylation is 2. The zero-order valence-corrected chi connectivity index (χ0v) is 19.8. The van der Waals surface area contributed by atoms with E-state index in [1.54, 1.807) is 48.3 Å². The number of anilines is 1. The average Bonchev–Trinajstić information content (AvgIpc) is 3.33. The standard InChI is InChI=1S/C22H25N7O3S/c1-14(2)22-26-21(11-28(22)5)33(30,31)27-17-6-8-18(9-7-17)32-20-10-19(23-12-24-20)29-13-25-15(3)16(29)4/h6-14,27H,1-5H3. The third kappa shape index (κ3) is 4.72. The monoisotopic (exact) mass is 467 g/mol. The second kappa shape index (κ2) is 8.66. The number of benzene rings is 1. The summed E-state index contributed by atoms with van der Waals surface area (Å²) in [6.07, 6.45) is 4.62. The molecule has 3 heterocycles. The van der Waals surface area contributed by atoms with Crippen molar-refractivity contribution >= 4 is 15.7 Å². The van der Waals surface area contributed by atoms with Crippen molar-refractivity contribution < 1.29 is 13.2 Å². The van der Waals surface area contributed by atoms with Gasteiger partial charge in [-0.25, -0.2) is 19.9 Å². The van der Waals surface area contributed by atoms with Crippen LogP contribution in [-0.4, -0.2) is 37.5 Å². The first-order valence-electron chi connectivity index (χ1n) is 10.3. The molecule has 0 saturated heterocycles. The number of aromatic nitrogens is 6. The first kappa shape index (κ1) is 22.5. The van der Waals surface area contributed by atoms with Crippen LogP contribution < -0.4 is 9.46 Å². The van der Waals surface area contributed by atoms with Crippen molar-refractivity contribution in [3.05, 3.63) is 66.4 Å². The quantitative estimate of drug-likeness (QED) is 0.440. The van der Waals surface area contributed by atoms with Gasteiger partial charge < -0.3 is 9.30 Å². The van der Waals surface area contributed by atoms with Crippen LogP contribution in [0.5, 0.6) is 11.6 Å². The summed E-state index contributed by atoms with van der Waals surface area (Å²) < 4.78 is 37.4. The number of imidazole rings is 2. The highest BCUT2D eigenvalue weighted by molar-refractivity contribution is 7.92. The fourth-order valence-electron chi connectivity index (χ4n) is 3.28. The van der Waals surface area contributed by atoms with Crippen LogP contribution in [0.1, 0.15) is 37.0 Å². The summed E-state index contributed by atoms with van der Waals surface area (Å²) in [6.45, 7) is 7.81. The third-order valence-electron chi connectivity index (χ3n) is 5.14. The number of hydrogen-bond donors (Lipinski definition) is 1. The highest BCUT2D eigenvalue weighted by atomic mass is 32.2. The summed E-state index contributed by atoms with van der Waals surface area (Å²) in [6, 6.07) is 8.25. The van der Waals surface area contributed by atoms with Crippen LogP contribution in [0.4, 0.5) is 5.69 Å². The van der Waals surface area contributed by atoms with E-state index in [4.69, 9.17) is 4.74 Å². The van der Waals surface area contributed by atoms with Crippen LogP contribution in [0.15, 0.2) is 54.2 Å². The number of hydrogen-bond acceptors (Lipinski definition) is 7. The molecule has 0 aliphatic heterocycles. The lowest BCUT2D eigenvalue weighted by Crippen LogP contribution is -2.13. The molecule has 0 unspecified atom stereocenters. The van der Waals surface area contributed by atoms with Gasteiger partial charge in [-0.2, -0.15) is 8.42 Å². The van der Waals surface area contributed by atoms with Crippen molar-refractivity contribution in [2.75, 3.05) is 4.72 Å². The maximum Gasteiger partial charge on any atom is 0.280 e. The van der Waals surface area contributed by atoms with E-state index in [0.29, 0.717) is 29.0 Å². The molecule has 0 fully saturated rings. The molecule has 0 aliphatic rings. The van der Waals surface area contributed by atoms with E-state index in [9.17, 15) is 8.42 Å². The molecule has 4 aromatic rings. The Morgan fingerprint density at radius 2 is 1.79 bits per heavy atom. The third-order valence-corrected chi connectivity index (χ3v) is 6.39. The van der Waals surface area contributed by atoms with Gasteiger partial charge in [0.05, 0.1) is 5.69 Å². The van der Waals surface area contributed by atoms with Crippen molar-refractivity contribution in [3.63, 3.8) is 0 Å². The van der Waals surface area contributed by atoms with Crippen LogP contribution in [0.2, 0.25) is 0 Å². The van der Waals surface area contributed by atoms with Gasteiger partial charge in [0.1, 0.15) is 30.0 Å². The molecule has 0 amide bonds. The van der Waals surface area contributed by atoms with Crippen molar-refractivity contribution in [1.29, 1.82) is 0 Å². The van der Waals surface area contributed by atoms with Crippen LogP contribution in [0, 0.1) is 13.8 Å². The predicted octanol–water partition coefficient (Wildman–Crippen LogP) is 3.73. The minimum absolute atomic E-state index is 0.0208. The Hall–Kier alpha value is -3.73. The smallest absolute Gasteiger partial charge is 0.280 e. The Morgan fingerprint density at radius 3 is 2.39 bits per heavy atom. The lowest BCUT2D eigenvalue weighted by Gasteiger charge is -2.09. The molecule has 1 aromatic carbocycles. The van der Waals surface area contributed by atoms with Gasteiger partial charge in [-0.1, -0.05) is 13.8 Å². The fraction of sp³-hybridized carbons (Fsp3) is 0.273. The molecule has 0 spiro atoms. The van der Waals surface area contributed by atoms with Crippen molar-refractivity contribution in [2.45, 2.75) is 38.6 Å². The highest BCUT2D eigenvalue weighted by Crippen LogP contribution is 2.25. The predicted molar refractivity (Wildman–Crippen MR) is 123 cm³/mol. The van der Waals surface area contributed by atoms with Gasteiger partial charge in [-0.15, -0.1) is 0 Å². The summed E-state index contributed by atoms with van der Waals surface area (Å²) in [5, 5.41) is -0.0208. The SMILES string of the molecule is Cc1ncn(-c2cc(Oc3ccc(NS(=O)(=O)c4cn(C)c(C(C)C)n4)cc3)ncn2)c1C. The minimum Gasteiger partial charge on any atom is -0.439 e. The van der Waals surface area contributed by atoms with Crippen LogP contribution in [0.25, 0.3) is 5.82 Å². The Bertz CT molecular complexity index is 1390. The van der Waals surface area contributed by atoms with E-state index in [0.717, 1.165) is 11.4 Å². The Labute approximate surface area is 192 Å². The van der Waals surface area contributed by atoms with E-state index in [-0.39, 0.29) is 10.9 Å². The van der Waals surface area contributed by atoms with Gasteiger partial charge in [0, 0.05) is 36.6 Å². The van der Waals surface area contributed by atoms with Crippen molar-refractivity contribution in [1.82, 2.24) is 29.1 Å². The Balaban J connectivity index is 1.48. The Morgan fingerprint density at radius 1 is 1.06 bits per heavy atom. The molecule has 1 N–H and O–H groups in total. The van der Waals surface area contributed by atoms with E-state index >= 15 is 0 Å². The maximum atomic E-state index is 12.7. The lowest BCUT2D eigenvalue weighted by molar-refractivity contribution is 0.461. The van der Waals surface area contributed by atoms with Gasteiger partial charge in [0.15, 0.2) is 5.03 Å². The average molecular weight is 468 g/mol. The van der Waals surface area contributed by atoms with Gasteiger partial charge >= 0.3 is 0 Å². The van der Waals surface area contributed by atoms with Gasteiger partial charge in [0.25, 0.3) is 10.0 Å². The molecule has 10 nitrogen and oxygen atoms in total. The fourth-order valence-corrected chi connectivity index (χ4v) is 4.35. The number of nitrogens with one attached hydrogen (secondary N) is 1. The first-order chi connectivity index (χ1) is 15.6. The molecule has 33 heavy (non-hydrogen) atoms. The lowest BCUT2D eigenvalue weighted by atomic mass is 10.2. The molecule has 0 atom stereocenters. The van der Waals surface area contributed by atoms with Crippen molar-refractivity contribution in [2.24, 2.45) is 7.05 Å². The molecule has 0 saturated carbocycles. The second-order valence-corrected chi connectivity index (χ2v) is 9.56. The molecular weight excluding hydrogens is 442 g/mol. The van der Waals surface area contributed by atoms with E-state index in [1.165, 1.54) is 12.5 Å². The zero-order valence-electron chi connectivity index (χ0n) is 19.0. The summed E-state index contributed by atoms with van der Waals surface area (Å²) in [7, 11) is -2.03. The van der Waals surface area contributed by atoms with Gasteiger partial charge in [-0.05, 0) is 38.1 Å². The van der Waals surface area contributed by atoms with E-state index in [1.807, 2.05) is 32.3 Å². The first-order valence-corrected chi connectivity index (χ1v) is 11.8. The van der Waals surface area contributed by atoms with Gasteiger partial charge in [-0.3, -0.25) is 9.29 Å². The van der Waals surface area contributed by atoms with E-state index in [2.05, 4.69) is 24.7 Å². The van der Waals surface area contributed by atoms with Crippen LogP contribution >= 0.6 is 0 Å². The number of ether oxygens (including phenoxy) is 1. The summed E-state index contributed by atoms with van der Waals surface area (Å²) in [4.78, 5) is 17.0. The maximum absolute atomic E-state index is 12.7. The van der Waals surface area contributed by atoms with Crippen LogP contribution in [0.3, 0.4) is 0 Å². The number of sulfonamides is 1. The zero-order chi connectivity index (χ0) is 23.8. The topological polar surface area (TPSA) is 117 Å². The highest BCUT2D eigenvalue weighted by Gasteiger charge is 2.21. The molecule has 0 radical (unpaired) electrons. The second-order valence-electron chi connectivity index (χ2n) is 7.93. The molecule has 0 aliphatic carbocycles. The normalized spacial score (nSPS) is 11.7. The minimum atomic E-state index is -3.81. The van der Waals surface area contributed by atoms with Crippen LogP contribution in [-0.2, 0) is 17.1 Å². The summed E-state index contributed by atoms with van der Waals surface area (Å²) in [5.74, 6) is 2.30. The summed E-state index contributed by atoms with van der Waals surface area (Å²) >= 11 is 0. The number of nitrogens with zero attached hydrogens (tertiary/aromatic N) is 6. The van der Waals surface area contributed by atoms with Crippen molar-refractivity contribution in [3.8, 4) is 17.4 Å². The molecular formula is C22H25N7O3S. The number of rotatable bonds is 7. The summed E-state index contributed by atoms with van der Waals surface area (Å²) in [5.41, 5.74) is 2.29. The van der Waals surface area contributed by atoms with Gasteiger partial charge in [0.2, 0.25) is 5.88 Å². The Kier molecular flexibility index (Phi) is 5.90. The molecule has 0 bridgehead atoms. The molecule has 3 aromatic heterocycles. The molecule has 172 valence electrons. The van der Waals surface area contributed by atoms with E-state index < -0.39 is 10.0 Å².